The Morgan fingerprint density at radius 3 is 2.46 bits per heavy atom. The van der Waals surface area contributed by atoms with Crippen molar-refractivity contribution in [1.29, 1.82) is 0 Å². The Labute approximate surface area is 234 Å². The lowest BCUT2D eigenvalue weighted by Gasteiger charge is -2.31. The number of furan rings is 1. The molecule has 3 N–H and O–H groups in total. The summed E-state index contributed by atoms with van der Waals surface area (Å²) >= 11 is 1.76. The van der Waals surface area contributed by atoms with E-state index in [1.165, 1.54) is 19.3 Å². The molecule has 39 heavy (non-hydrogen) atoms. The molecular formula is C31H38N2O5S. The Kier molecular flexibility index (Phi) is 10.4. The van der Waals surface area contributed by atoms with Crippen molar-refractivity contribution in [3.05, 3.63) is 71.5 Å². The van der Waals surface area contributed by atoms with Gasteiger partial charge in [-0.1, -0.05) is 19.3 Å². The second-order valence-corrected chi connectivity index (χ2v) is 11.0. The molecule has 0 bridgehead atoms. The molecular weight excluding hydrogens is 512 g/mol. The predicted octanol–water partition coefficient (Wildman–Crippen LogP) is 6.93. The molecule has 0 spiro atoms. The SMILES string of the molecule is CSCCOc1ccc(-c2cc(C(Nc3ccc(C(=O)NCCC(=O)O)cc3)C3CCCCC3)c(C)o2)cc1. The Hall–Kier alpha value is -3.39. The van der Waals surface area contributed by atoms with Gasteiger partial charge < -0.3 is 24.9 Å². The van der Waals surface area contributed by atoms with Crippen LogP contribution in [0.15, 0.2) is 59.0 Å². The third-order valence-electron chi connectivity index (χ3n) is 7.20. The average molecular weight is 551 g/mol. The number of nitrogens with one attached hydrogen (secondary N) is 2. The number of anilines is 1. The Morgan fingerprint density at radius 2 is 1.79 bits per heavy atom. The number of thioether (sulfide) groups is 1. The van der Waals surface area contributed by atoms with Gasteiger partial charge in [0.25, 0.3) is 5.91 Å². The van der Waals surface area contributed by atoms with E-state index in [0.29, 0.717) is 18.1 Å². The van der Waals surface area contributed by atoms with Crippen LogP contribution in [0.2, 0.25) is 0 Å². The highest BCUT2D eigenvalue weighted by Gasteiger charge is 2.28. The number of aliphatic carboxylic acids is 1. The minimum atomic E-state index is -0.936. The maximum Gasteiger partial charge on any atom is 0.305 e. The normalized spacial score (nSPS) is 14.5. The molecule has 0 saturated heterocycles. The molecule has 0 radical (unpaired) electrons. The third kappa shape index (κ3) is 8.05. The minimum absolute atomic E-state index is 0.0900. The van der Waals surface area contributed by atoms with Gasteiger partial charge in [0.05, 0.1) is 19.1 Å². The fourth-order valence-corrected chi connectivity index (χ4v) is 5.35. The van der Waals surface area contributed by atoms with Crippen LogP contribution in [-0.4, -0.2) is 42.1 Å². The summed E-state index contributed by atoms with van der Waals surface area (Å²) in [7, 11) is 0. The minimum Gasteiger partial charge on any atom is -0.493 e. The molecule has 1 unspecified atom stereocenters. The topological polar surface area (TPSA) is 101 Å². The molecule has 1 heterocycles. The molecule has 8 heteroatoms. The van der Waals surface area contributed by atoms with E-state index in [1.54, 1.807) is 23.9 Å². The van der Waals surface area contributed by atoms with Gasteiger partial charge in [-0.2, -0.15) is 11.8 Å². The van der Waals surface area contributed by atoms with Crippen molar-refractivity contribution in [2.45, 2.75) is 51.5 Å². The summed E-state index contributed by atoms with van der Waals surface area (Å²) in [6.07, 6.45) is 8.00. The summed E-state index contributed by atoms with van der Waals surface area (Å²) in [6, 6.07) is 17.7. The summed E-state index contributed by atoms with van der Waals surface area (Å²) < 4.78 is 12.1. The first-order chi connectivity index (χ1) is 18.9. The number of rotatable bonds is 13. The summed E-state index contributed by atoms with van der Waals surface area (Å²) in [5.41, 5.74) is 3.61. The van der Waals surface area contributed by atoms with Crippen molar-refractivity contribution in [2.75, 3.05) is 30.5 Å². The highest BCUT2D eigenvalue weighted by molar-refractivity contribution is 7.98. The highest BCUT2D eigenvalue weighted by Crippen LogP contribution is 2.40. The van der Waals surface area contributed by atoms with E-state index in [-0.39, 0.29) is 24.9 Å². The van der Waals surface area contributed by atoms with Gasteiger partial charge in [-0.3, -0.25) is 9.59 Å². The lowest BCUT2D eigenvalue weighted by molar-refractivity contribution is -0.136. The van der Waals surface area contributed by atoms with Crippen LogP contribution in [0, 0.1) is 12.8 Å². The number of benzene rings is 2. The number of carboxylic acid groups (broad SMARTS) is 1. The van der Waals surface area contributed by atoms with Crippen molar-refractivity contribution in [2.24, 2.45) is 5.92 Å². The zero-order chi connectivity index (χ0) is 27.6. The molecule has 1 saturated carbocycles. The molecule has 1 aliphatic carbocycles. The Morgan fingerprint density at radius 1 is 1.08 bits per heavy atom. The summed E-state index contributed by atoms with van der Waals surface area (Å²) in [5, 5.41) is 15.2. The zero-order valence-corrected chi connectivity index (χ0v) is 23.5. The fraction of sp³-hybridized carbons (Fsp3) is 0.419. The number of carbonyl (C=O) groups excluding carboxylic acids is 1. The van der Waals surface area contributed by atoms with Gasteiger partial charge in [-0.25, -0.2) is 0 Å². The molecule has 3 aromatic rings. The lowest BCUT2D eigenvalue weighted by atomic mass is 9.81. The van der Waals surface area contributed by atoms with E-state index in [0.717, 1.165) is 52.7 Å². The average Bonchev–Trinajstić information content (AvgIpc) is 3.34. The van der Waals surface area contributed by atoms with E-state index in [4.69, 9.17) is 14.3 Å². The van der Waals surface area contributed by atoms with Gasteiger partial charge >= 0.3 is 5.97 Å². The van der Waals surface area contributed by atoms with E-state index in [1.807, 2.05) is 43.3 Å². The fourth-order valence-electron chi connectivity index (χ4n) is 5.10. The number of aryl methyl sites for hydroxylation is 1. The molecule has 1 aliphatic rings. The molecule has 2 aromatic carbocycles. The van der Waals surface area contributed by atoms with Crippen LogP contribution in [-0.2, 0) is 4.79 Å². The second-order valence-electron chi connectivity index (χ2n) is 9.98. The van der Waals surface area contributed by atoms with Gasteiger partial charge in [-0.15, -0.1) is 0 Å². The molecule has 1 fully saturated rings. The lowest BCUT2D eigenvalue weighted by Crippen LogP contribution is -2.26. The van der Waals surface area contributed by atoms with Gasteiger partial charge in [0, 0.05) is 34.7 Å². The molecule has 1 amide bonds. The largest absolute Gasteiger partial charge is 0.493 e. The van der Waals surface area contributed by atoms with Crippen LogP contribution < -0.4 is 15.4 Å². The summed E-state index contributed by atoms with van der Waals surface area (Å²) in [5.74, 6) is 2.83. The molecule has 7 nitrogen and oxygen atoms in total. The van der Waals surface area contributed by atoms with Crippen molar-refractivity contribution < 1.29 is 23.8 Å². The van der Waals surface area contributed by atoms with Crippen LogP contribution >= 0.6 is 11.8 Å². The van der Waals surface area contributed by atoms with Gasteiger partial charge in [0.2, 0.25) is 0 Å². The number of amides is 1. The van der Waals surface area contributed by atoms with Crippen molar-refractivity contribution in [1.82, 2.24) is 5.32 Å². The van der Waals surface area contributed by atoms with Crippen LogP contribution in [0.5, 0.6) is 5.75 Å². The van der Waals surface area contributed by atoms with E-state index < -0.39 is 5.97 Å². The molecule has 1 aromatic heterocycles. The maximum absolute atomic E-state index is 12.4. The quantitative estimate of drug-likeness (QED) is 0.198. The monoisotopic (exact) mass is 550 g/mol. The smallest absolute Gasteiger partial charge is 0.305 e. The second kappa shape index (κ2) is 14.1. The van der Waals surface area contributed by atoms with Crippen LogP contribution in [0.1, 0.15) is 66.2 Å². The van der Waals surface area contributed by atoms with E-state index in [2.05, 4.69) is 23.0 Å². The van der Waals surface area contributed by atoms with E-state index in [9.17, 15) is 9.59 Å². The standard InChI is InChI=1S/C31H38N2O5S/c1-21-27(20-28(38-21)22-10-14-26(15-11-22)37-18-19-39-2)30(23-6-4-3-5-7-23)33-25-12-8-24(9-13-25)31(36)32-17-16-29(34)35/h8-15,20,23,30,33H,3-7,16-19H2,1-2H3,(H,32,36)(H,34,35). The van der Waals surface area contributed by atoms with Gasteiger partial charge in [0.15, 0.2) is 0 Å². The summed E-state index contributed by atoms with van der Waals surface area (Å²) in [4.78, 5) is 23.1. The zero-order valence-electron chi connectivity index (χ0n) is 22.7. The number of hydrogen-bond acceptors (Lipinski definition) is 6. The van der Waals surface area contributed by atoms with Crippen LogP contribution in [0.25, 0.3) is 11.3 Å². The third-order valence-corrected chi connectivity index (χ3v) is 7.78. The molecule has 0 aliphatic heterocycles. The predicted molar refractivity (Wildman–Crippen MR) is 157 cm³/mol. The van der Waals surface area contributed by atoms with Gasteiger partial charge in [-0.05, 0) is 86.5 Å². The van der Waals surface area contributed by atoms with Crippen LogP contribution in [0.3, 0.4) is 0 Å². The molecule has 208 valence electrons. The first-order valence-corrected chi connectivity index (χ1v) is 15.0. The Balaban J connectivity index is 1.50. The maximum atomic E-state index is 12.4. The van der Waals surface area contributed by atoms with Crippen LogP contribution in [0.4, 0.5) is 5.69 Å². The highest BCUT2D eigenvalue weighted by atomic mass is 32.2. The van der Waals surface area contributed by atoms with Crippen molar-refractivity contribution in [3.63, 3.8) is 0 Å². The van der Waals surface area contributed by atoms with Gasteiger partial charge in [0.1, 0.15) is 17.3 Å². The Bertz CT molecular complexity index is 1220. The first-order valence-electron chi connectivity index (χ1n) is 13.6. The van der Waals surface area contributed by atoms with Crippen molar-refractivity contribution >= 4 is 29.3 Å². The molecule has 1 atom stereocenters. The van der Waals surface area contributed by atoms with E-state index >= 15 is 0 Å². The summed E-state index contributed by atoms with van der Waals surface area (Å²) in [6.45, 7) is 2.82. The molecule has 4 rings (SSSR count). The van der Waals surface area contributed by atoms with Crippen molar-refractivity contribution in [3.8, 4) is 17.1 Å². The number of carbonyl (C=O) groups is 2. The number of hydrogen-bond donors (Lipinski definition) is 3. The first kappa shape index (κ1) is 28.6. The number of carboxylic acids is 1. The number of ether oxygens (including phenoxy) is 1.